The Balaban J connectivity index is 1.62. The van der Waals surface area contributed by atoms with Crippen molar-refractivity contribution in [3.05, 3.63) is 75.5 Å². The van der Waals surface area contributed by atoms with Gasteiger partial charge >= 0.3 is 11.9 Å². The standard InChI is InChI=1S/C20H16ClF3N4O3S/c1-30-16-9-15(27-7-6-25-18(27)32)14(21)8-12(16)10-28-19(29)31-17(26-28)11-2-4-13(5-3-11)20(22,23)24/h2-9,18,25,32H,10H2,1H3. The van der Waals surface area contributed by atoms with Crippen molar-refractivity contribution in [1.82, 2.24) is 15.1 Å². The van der Waals surface area contributed by atoms with Crippen LogP contribution >= 0.6 is 24.2 Å². The van der Waals surface area contributed by atoms with Crippen LogP contribution in [0.2, 0.25) is 5.02 Å². The molecule has 2 aromatic carbocycles. The summed E-state index contributed by atoms with van der Waals surface area (Å²) in [5, 5.41) is 7.50. The molecule has 32 heavy (non-hydrogen) atoms. The number of ether oxygens (including phenoxy) is 1. The Hall–Kier alpha value is -3.05. The Kier molecular flexibility index (Phi) is 5.87. The van der Waals surface area contributed by atoms with Crippen LogP contribution in [0.15, 0.2) is 58.0 Å². The van der Waals surface area contributed by atoms with Gasteiger partial charge in [0.1, 0.15) is 11.2 Å². The van der Waals surface area contributed by atoms with Gasteiger partial charge in [-0.2, -0.15) is 17.9 Å². The summed E-state index contributed by atoms with van der Waals surface area (Å²) in [6.45, 7) is -0.0233. The van der Waals surface area contributed by atoms with Crippen molar-refractivity contribution in [1.29, 1.82) is 0 Å². The first kappa shape index (κ1) is 22.2. The number of hydrogen-bond acceptors (Lipinski definition) is 7. The third-order valence-corrected chi connectivity index (χ3v) is 5.46. The quantitative estimate of drug-likeness (QED) is 0.525. The Morgan fingerprint density at radius 1 is 1.28 bits per heavy atom. The van der Waals surface area contributed by atoms with Crippen LogP contribution in [-0.2, 0) is 12.7 Å². The van der Waals surface area contributed by atoms with Gasteiger partial charge in [0, 0.05) is 29.6 Å². The van der Waals surface area contributed by atoms with Crippen molar-refractivity contribution in [2.75, 3.05) is 12.0 Å². The van der Waals surface area contributed by atoms with E-state index in [-0.39, 0.29) is 23.5 Å². The number of thiol groups is 1. The fourth-order valence-corrected chi connectivity index (χ4v) is 3.74. The second-order valence-corrected chi connectivity index (χ2v) is 7.68. The highest BCUT2D eigenvalue weighted by atomic mass is 35.5. The van der Waals surface area contributed by atoms with Crippen molar-refractivity contribution >= 4 is 29.9 Å². The molecule has 1 aliphatic heterocycles. The summed E-state index contributed by atoms with van der Waals surface area (Å²) in [6.07, 6.45) is -0.961. The molecule has 0 saturated carbocycles. The summed E-state index contributed by atoms with van der Waals surface area (Å²) >= 11 is 10.9. The molecule has 0 amide bonds. The van der Waals surface area contributed by atoms with Gasteiger partial charge in [0.25, 0.3) is 0 Å². The maximum absolute atomic E-state index is 12.8. The number of methoxy groups -OCH3 is 1. The van der Waals surface area contributed by atoms with E-state index in [0.717, 1.165) is 16.8 Å². The highest BCUT2D eigenvalue weighted by Gasteiger charge is 2.30. The molecule has 12 heteroatoms. The molecule has 1 unspecified atom stereocenters. The number of hydrogen-bond donors (Lipinski definition) is 2. The molecule has 0 radical (unpaired) electrons. The SMILES string of the molecule is COc1cc(N2C=CNC2S)c(Cl)cc1Cn1nc(-c2ccc(C(F)(F)F)cc2)oc1=O. The molecule has 1 aliphatic rings. The maximum Gasteiger partial charge on any atom is 0.437 e. The van der Waals surface area contributed by atoms with Gasteiger partial charge in [-0.1, -0.05) is 11.6 Å². The van der Waals surface area contributed by atoms with E-state index < -0.39 is 17.5 Å². The van der Waals surface area contributed by atoms with Crippen molar-refractivity contribution < 1.29 is 22.3 Å². The first-order valence-electron chi connectivity index (χ1n) is 9.18. The molecule has 168 valence electrons. The van der Waals surface area contributed by atoms with Crippen molar-refractivity contribution in [3.63, 3.8) is 0 Å². The summed E-state index contributed by atoms with van der Waals surface area (Å²) in [7, 11) is 1.48. The van der Waals surface area contributed by atoms with Crippen LogP contribution in [0.3, 0.4) is 0 Å². The molecular weight excluding hydrogens is 469 g/mol. The van der Waals surface area contributed by atoms with E-state index in [0.29, 0.717) is 22.0 Å². The third kappa shape index (κ3) is 4.30. The number of anilines is 1. The van der Waals surface area contributed by atoms with E-state index in [2.05, 4.69) is 23.0 Å². The molecule has 1 N–H and O–H groups in total. The lowest BCUT2D eigenvalue weighted by Gasteiger charge is -2.23. The molecule has 0 spiro atoms. The summed E-state index contributed by atoms with van der Waals surface area (Å²) in [6, 6.07) is 7.52. The number of rotatable bonds is 5. The average Bonchev–Trinajstić information content (AvgIpc) is 3.33. The van der Waals surface area contributed by atoms with E-state index in [4.69, 9.17) is 20.8 Å². The lowest BCUT2D eigenvalue weighted by atomic mass is 10.1. The van der Waals surface area contributed by atoms with Crippen molar-refractivity contribution in [3.8, 4) is 17.2 Å². The molecule has 2 heterocycles. The van der Waals surface area contributed by atoms with Gasteiger partial charge in [0.2, 0.25) is 5.89 Å². The molecule has 0 saturated heterocycles. The highest BCUT2D eigenvalue weighted by molar-refractivity contribution is 7.81. The number of alkyl halides is 3. The van der Waals surface area contributed by atoms with Crippen molar-refractivity contribution in [2.45, 2.75) is 18.2 Å². The predicted octanol–water partition coefficient (Wildman–Crippen LogP) is 4.33. The van der Waals surface area contributed by atoms with Crippen LogP contribution in [0.1, 0.15) is 11.1 Å². The van der Waals surface area contributed by atoms with Gasteiger partial charge in [0.15, 0.2) is 0 Å². The molecule has 0 fully saturated rings. The third-order valence-electron chi connectivity index (χ3n) is 4.76. The monoisotopic (exact) mass is 484 g/mol. The maximum atomic E-state index is 12.8. The van der Waals surface area contributed by atoms with E-state index in [1.807, 2.05) is 0 Å². The first-order chi connectivity index (χ1) is 15.2. The van der Waals surface area contributed by atoms with E-state index in [1.54, 1.807) is 29.4 Å². The molecular formula is C20H16ClF3N4O3S. The zero-order valence-electron chi connectivity index (χ0n) is 16.4. The Morgan fingerprint density at radius 2 is 2.00 bits per heavy atom. The molecule has 7 nitrogen and oxygen atoms in total. The summed E-state index contributed by atoms with van der Waals surface area (Å²) in [5.74, 6) is -0.419. The number of aromatic nitrogens is 2. The number of benzene rings is 2. The summed E-state index contributed by atoms with van der Waals surface area (Å²) < 4.78 is 49.9. The van der Waals surface area contributed by atoms with Crippen molar-refractivity contribution in [2.24, 2.45) is 0 Å². The number of halogens is 4. The Morgan fingerprint density at radius 3 is 2.59 bits per heavy atom. The molecule has 0 aliphatic carbocycles. The van der Waals surface area contributed by atoms with E-state index >= 15 is 0 Å². The zero-order valence-corrected chi connectivity index (χ0v) is 18.1. The lowest BCUT2D eigenvalue weighted by Crippen LogP contribution is -2.29. The topological polar surface area (TPSA) is 72.5 Å². The van der Waals surface area contributed by atoms with Crippen LogP contribution in [0.5, 0.6) is 5.75 Å². The largest absolute Gasteiger partial charge is 0.496 e. The molecule has 1 aromatic heterocycles. The summed E-state index contributed by atoms with van der Waals surface area (Å²) in [4.78, 5) is 14.1. The summed E-state index contributed by atoms with van der Waals surface area (Å²) in [5.41, 5.74) is 0.331. The Bertz CT molecular complexity index is 1220. The second kappa shape index (κ2) is 8.47. The van der Waals surface area contributed by atoms with E-state index in [9.17, 15) is 18.0 Å². The molecule has 1 atom stereocenters. The van der Waals surface area contributed by atoms with Gasteiger partial charge in [-0.25, -0.2) is 4.79 Å². The molecule has 3 aromatic rings. The minimum Gasteiger partial charge on any atom is -0.496 e. The van der Waals surface area contributed by atoms with Crippen LogP contribution in [0.25, 0.3) is 11.5 Å². The Labute approximate surface area is 190 Å². The zero-order chi connectivity index (χ0) is 23.0. The van der Waals surface area contributed by atoms with Crippen LogP contribution in [0, 0.1) is 0 Å². The number of nitrogens with zero attached hydrogens (tertiary/aromatic N) is 3. The van der Waals surface area contributed by atoms with Crippen LogP contribution < -0.4 is 20.7 Å². The fourth-order valence-electron chi connectivity index (χ4n) is 3.16. The fraction of sp³-hybridized carbons (Fsp3) is 0.200. The highest BCUT2D eigenvalue weighted by Crippen LogP contribution is 2.36. The predicted molar refractivity (Wildman–Crippen MR) is 116 cm³/mol. The molecule has 0 bridgehead atoms. The van der Waals surface area contributed by atoms with E-state index in [1.165, 1.54) is 19.2 Å². The molecule has 4 rings (SSSR count). The smallest absolute Gasteiger partial charge is 0.437 e. The minimum absolute atomic E-state index is 0.0233. The minimum atomic E-state index is -4.46. The lowest BCUT2D eigenvalue weighted by molar-refractivity contribution is -0.137. The average molecular weight is 485 g/mol. The van der Waals surface area contributed by atoms with Gasteiger partial charge in [-0.05, 0) is 30.3 Å². The second-order valence-electron chi connectivity index (χ2n) is 6.78. The first-order valence-corrected chi connectivity index (χ1v) is 10.1. The van der Waals surface area contributed by atoms with Crippen LogP contribution in [-0.4, -0.2) is 22.4 Å². The van der Waals surface area contributed by atoms with Gasteiger partial charge in [-0.3, -0.25) is 0 Å². The van der Waals surface area contributed by atoms with Gasteiger partial charge < -0.3 is 19.4 Å². The normalized spacial score (nSPS) is 15.8. The van der Waals surface area contributed by atoms with Gasteiger partial charge in [-0.15, -0.1) is 17.7 Å². The number of nitrogens with one attached hydrogen (secondary N) is 1. The van der Waals surface area contributed by atoms with Crippen LogP contribution in [0.4, 0.5) is 18.9 Å². The van der Waals surface area contributed by atoms with Gasteiger partial charge in [0.05, 0.1) is 29.9 Å².